The van der Waals surface area contributed by atoms with Crippen LogP contribution in [0, 0.1) is 11.3 Å². The van der Waals surface area contributed by atoms with Crippen molar-refractivity contribution in [2.45, 2.75) is 18.5 Å². The molecule has 2 nitrogen and oxygen atoms in total. The molecule has 0 radical (unpaired) electrons. The molecular formula is C9H4ClF5N2. The summed E-state index contributed by atoms with van der Waals surface area (Å²) >= 11 is 5.30. The van der Waals surface area contributed by atoms with Crippen molar-refractivity contribution >= 4 is 11.6 Å². The average Bonchev–Trinajstić information content (AvgIpc) is 2.25. The van der Waals surface area contributed by atoms with Gasteiger partial charge in [0.1, 0.15) is 11.3 Å². The number of halogens is 6. The highest BCUT2D eigenvalue weighted by atomic mass is 35.5. The zero-order chi connectivity index (χ0) is 13.2. The van der Waals surface area contributed by atoms with Gasteiger partial charge in [0, 0.05) is 0 Å². The highest BCUT2D eigenvalue weighted by molar-refractivity contribution is 6.16. The second-order valence-corrected chi connectivity index (χ2v) is 3.23. The monoisotopic (exact) mass is 270 g/mol. The van der Waals surface area contributed by atoms with Crippen LogP contribution in [0.2, 0.25) is 0 Å². The van der Waals surface area contributed by atoms with E-state index in [1.165, 1.54) is 6.07 Å². The molecule has 0 spiro atoms. The molecular weight excluding hydrogens is 267 g/mol. The normalized spacial score (nSPS) is 11.6. The third-order valence-electron chi connectivity index (χ3n) is 1.85. The number of nitriles is 1. The summed E-state index contributed by atoms with van der Waals surface area (Å²) in [5, 5.41) is 8.54. The molecule has 0 unspecified atom stereocenters. The number of hydrogen-bond acceptors (Lipinski definition) is 2. The minimum absolute atomic E-state index is 0.202. The molecule has 0 amide bonds. The highest BCUT2D eigenvalue weighted by Crippen LogP contribution is 2.37. The molecule has 17 heavy (non-hydrogen) atoms. The Morgan fingerprint density at radius 1 is 1.41 bits per heavy atom. The predicted molar refractivity (Wildman–Crippen MR) is 48.5 cm³/mol. The second kappa shape index (κ2) is 4.84. The van der Waals surface area contributed by atoms with Crippen LogP contribution in [-0.4, -0.2) is 4.98 Å². The molecule has 0 atom stereocenters. The number of rotatable bonds is 2. The number of pyridine rings is 1. The SMILES string of the molecule is N#Cc1cc(CCl)nc(C(F)F)c1C(F)(F)F. The van der Waals surface area contributed by atoms with Gasteiger partial charge in [0.05, 0.1) is 23.2 Å². The number of alkyl halides is 6. The molecule has 1 heterocycles. The van der Waals surface area contributed by atoms with Crippen LogP contribution >= 0.6 is 11.6 Å². The lowest BCUT2D eigenvalue weighted by Gasteiger charge is -2.14. The fourth-order valence-electron chi connectivity index (χ4n) is 1.23. The fourth-order valence-corrected chi connectivity index (χ4v) is 1.37. The molecule has 0 aliphatic rings. The molecule has 0 fully saturated rings. The Hall–Kier alpha value is -1.42. The fraction of sp³-hybridized carbons (Fsp3) is 0.333. The van der Waals surface area contributed by atoms with Crippen LogP contribution in [-0.2, 0) is 12.1 Å². The first-order chi connectivity index (χ1) is 7.81. The standard InChI is InChI=1S/C9H4ClF5N2/c10-2-5-1-4(3-16)6(9(13,14)15)7(17-5)8(11)12/h1,8H,2H2. The van der Waals surface area contributed by atoms with E-state index < -0.39 is 29.4 Å². The quantitative estimate of drug-likeness (QED) is 0.607. The second-order valence-electron chi connectivity index (χ2n) is 2.97. The summed E-state index contributed by atoms with van der Waals surface area (Å²) in [5.41, 5.74) is -4.28. The lowest BCUT2D eigenvalue weighted by Crippen LogP contribution is -2.15. The van der Waals surface area contributed by atoms with E-state index in [9.17, 15) is 22.0 Å². The van der Waals surface area contributed by atoms with Gasteiger partial charge >= 0.3 is 6.18 Å². The minimum Gasteiger partial charge on any atom is -0.250 e. The van der Waals surface area contributed by atoms with E-state index in [0.717, 1.165) is 6.07 Å². The van der Waals surface area contributed by atoms with Gasteiger partial charge in [0.15, 0.2) is 0 Å². The molecule has 0 bridgehead atoms. The van der Waals surface area contributed by atoms with Crippen molar-refractivity contribution in [2.24, 2.45) is 0 Å². The van der Waals surface area contributed by atoms with E-state index in [1.54, 1.807) is 0 Å². The van der Waals surface area contributed by atoms with Gasteiger partial charge in [-0.15, -0.1) is 11.6 Å². The third kappa shape index (κ3) is 2.82. The van der Waals surface area contributed by atoms with E-state index in [0.29, 0.717) is 0 Å². The Morgan fingerprint density at radius 2 is 2.00 bits per heavy atom. The van der Waals surface area contributed by atoms with Crippen LogP contribution in [0.1, 0.15) is 28.9 Å². The van der Waals surface area contributed by atoms with Crippen molar-refractivity contribution in [3.8, 4) is 6.07 Å². The molecule has 1 aromatic heterocycles. The molecule has 1 rings (SSSR count). The smallest absolute Gasteiger partial charge is 0.250 e. The van der Waals surface area contributed by atoms with Crippen molar-refractivity contribution in [1.29, 1.82) is 5.26 Å². The van der Waals surface area contributed by atoms with Gasteiger partial charge in [-0.25, -0.2) is 13.8 Å². The number of nitrogens with zero attached hydrogens (tertiary/aromatic N) is 2. The van der Waals surface area contributed by atoms with Crippen LogP contribution < -0.4 is 0 Å². The maximum atomic E-state index is 12.5. The molecule has 8 heteroatoms. The lowest BCUT2D eigenvalue weighted by molar-refractivity contribution is -0.140. The summed E-state index contributed by atoms with van der Waals surface area (Å²) in [4.78, 5) is 3.11. The van der Waals surface area contributed by atoms with Crippen molar-refractivity contribution in [3.05, 3.63) is 28.6 Å². The van der Waals surface area contributed by atoms with Gasteiger partial charge in [-0.1, -0.05) is 0 Å². The van der Waals surface area contributed by atoms with Gasteiger partial charge in [-0.3, -0.25) is 0 Å². The van der Waals surface area contributed by atoms with Crippen molar-refractivity contribution in [1.82, 2.24) is 4.98 Å². The Balaban J connectivity index is 3.60. The first-order valence-corrected chi connectivity index (χ1v) is 4.70. The van der Waals surface area contributed by atoms with E-state index in [2.05, 4.69) is 4.98 Å². The molecule has 0 aromatic carbocycles. The molecule has 0 N–H and O–H groups in total. The number of hydrogen-bond donors (Lipinski definition) is 0. The lowest BCUT2D eigenvalue weighted by atomic mass is 10.1. The van der Waals surface area contributed by atoms with Crippen LogP contribution in [0.25, 0.3) is 0 Å². The predicted octanol–water partition coefficient (Wildman–Crippen LogP) is 3.65. The zero-order valence-corrected chi connectivity index (χ0v) is 8.78. The van der Waals surface area contributed by atoms with Gasteiger partial charge in [-0.2, -0.15) is 18.4 Å². The molecule has 0 saturated heterocycles. The summed E-state index contributed by atoms with van der Waals surface area (Å²) in [7, 11) is 0. The molecule has 92 valence electrons. The van der Waals surface area contributed by atoms with Gasteiger partial charge in [0.25, 0.3) is 6.43 Å². The van der Waals surface area contributed by atoms with Crippen LogP contribution in [0.5, 0.6) is 0 Å². The average molecular weight is 271 g/mol. The first-order valence-electron chi connectivity index (χ1n) is 4.16. The largest absolute Gasteiger partial charge is 0.419 e. The van der Waals surface area contributed by atoms with Gasteiger partial charge < -0.3 is 0 Å². The maximum absolute atomic E-state index is 12.5. The Kier molecular flexibility index (Phi) is 3.88. The summed E-state index contributed by atoms with van der Waals surface area (Å²) < 4.78 is 62.6. The van der Waals surface area contributed by atoms with Crippen LogP contribution in [0.4, 0.5) is 22.0 Å². The van der Waals surface area contributed by atoms with E-state index in [4.69, 9.17) is 16.9 Å². The maximum Gasteiger partial charge on any atom is 0.419 e. The Bertz CT molecular complexity index is 464. The van der Waals surface area contributed by atoms with E-state index in [-0.39, 0.29) is 11.6 Å². The van der Waals surface area contributed by atoms with Gasteiger partial charge in [0.2, 0.25) is 0 Å². The molecule has 0 saturated carbocycles. The van der Waals surface area contributed by atoms with Crippen molar-refractivity contribution in [2.75, 3.05) is 0 Å². The Morgan fingerprint density at radius 3 is 2.35 bits per heavy atom. The Labute approximate surface area is 97.6 Å². The summed E-state index contributed by atoms with van der Waals surface area (Å²) in [5.74, 6) is -0.355. The van der Waals surface area contributed by atoms with E-state index >= 15 is 0 Å². The summed E-state index contributed by atoms with van der Waals surface area (Å²) in [6.07, 6.45) is -8.49. The molecule has 1 aromatic rings. The third-order valence-corrected chi connectivity index (χ3v) is 2.12. The topological polar surface area (TPSA) is 36.7 Å². The highest BCUT2D eigenvalue weighted by Gasteiger charge is 2.40. The van der Waals surface area contributed by atoms with Crippen LogP contribution in [0.15, 0.2) is 6.07 Å². The van der Waals surface area contributed by atoms with Crippen LogP contribution in [0.3, 0.4) is 0 Å². The van der Waals surface area contributed by atoms with Crippen molar-refractivity contribution < 1.29 is 22.0 Å². The van der Waals surface area contributed by atoms with Gasteiger partial charge in [-0.05, 0) is 6.07 Å². The van der Waals surface area contributed by atoms with Crippen molar-refractivity contribution in [3.63, 3.8) is 0 Å². The molecule has 0 aliphatic heterocycles. The summed E-state index contributed by atoms with van der Waals surface area (Å²) in [6, 6.07) is 1.97. The number of aromatic nitrogens is 1. The minimum atomic E-state index is -5.06. The molecule has 0 aliphatic carbocycles. The summed E-state index contributed by atoms with van der Waals surface area (Å²) in [6.45, 7) is 0. The first kappa shape index (κ1) is 13.6. The zero-order valence-electron chi connectivity index (χ0n) is 8.02. The van der Waals surface area contributed by atoms with E-state index in [1.807, 2.05) is 0 Å².